The first-order valence-electron chi connectivity index (χ1n) is 7.75. The van der Waals surface area contributed by atoms with Gasteiger partial charge in [0.2, 0.25) is 0 Å². The van der Waals surface area contributed by atoms with Crippen LogP contribution in [0.3, 0.4) is 0 Å². The molecule has 0 radical (unpaired) electrons. The maximum Gasteiger partial charge on any atom is 0.153 e. The fourth-order valence-electron chi connectivity index (χ4n) is 3.12. The Morgan fingerprint density at radius 2 is 1.79 bits per heavy atom. The van der Waals surface area contributed by atoms with Crippen LogP contribution in [-0.4, -0.2) is 15.1 Å². The summed E-state index contributed by atoms with van der Waals surface area (Å²) in [6.45, 7) is 2.21. The number of hydrogen-bond acceptors (Lipinski definition) is 3. The maximum atomic E-state index is 8.95. The van der Waals surface area contributed by atoms with Gasteiger partial charge in [0.05, 0.1) is 0 Å². The topological polar surface area (TPSA) is 46.0 Å². The summed E-state index contributed by atoms with van der Waals surface area (Å²) >= 11 is 0. The van der Waals surface area contributed by atoms with Crippen molar-refractivity contribution >= 4 is 0 Å². The molecule has 0 saturated heterocycles. The van der Waals surface area contributed by atoms with Crippen molar-refractivity contribution in [2.24, 2.45) is 5.92 Å². The first kappa shape index (κ1) is 14.4. The summed E-state index contributed by atoms with van der Waals surface area (Å²) in [5.41, 5.74) is 1.25. The van der Waals surface area contributed by atoms with E-state index in [0.717, 1.165) is 5.92 Å². The van der Waals surface area contributed by atoms with E-state index in [-0.39, 0.29) is 6.61 Å². The summed E-state index contributed by atoms with van der Waals surface area (Å²) in [5.74, 6) is 2.10. The van der Waals surface area contributed by atoms with Crippen LogP contribution in [0.5, 0.6) is 0 Å². The predicted molar refractivity (Wildman–Crippen MR) is 76.8 cm³/mol. The van der Waals surface area contributed by atoms with E-state index in [1.54, 1.807) is 0 Å². The van der Waals surface area contributed by atoms with Gasteiger partial charge in [0, 0.05) is 12.4 Å². The zero-order chi connectivity index (χ0) is 13.5. The van der Waals surface area contributed by atoms with Crippen LogP contribution in [0.15, 0.2) is 12.4 Å². The summed E-state index contributed by atoms with van der Waals surface area (Å²) in [7, 11) is 0. The Morgan fingerprint density at radius 3 is 2.37 bits per heavy atom. The molecule has 1 aromatic rings. The van der Waals surface area contributed by atoms with Crippen LogP contribution in [0.4, 0.5) is 0 Å². The molecule has 1 fully saturated rings. The number of unbranched alkanes of at least 4 members (excludes halogenated alkanes) is 2. The van der Waals surface area contributed by atoms with Gasteiger partial charge >= 0.3 is 0 Å². The van der Waals surface area contributed by atoms with Gasteiger partial charge in [-0.2, -0.15) is 0 Å². The lowest BCUT2D eigenvalue weighted by molar-refractivity contribution is 0.270. The van der Waals surface area contributed by atoms with Gasteiger partial charge in [-0.15, -0.1) is 0 Å². The third-order valence-corrected chi connectivity index (χ3v) is 4.40. The molecule has 1 heterocycles. The van der Waals surface area contributed by atoms with Crippen molar-refractivity contribution in [1.82, 2.24) is 9.97 Å². The Bertz CT molecular complexity index is 356. The molecule has 1 aliphatic carbocycles. The third kappa shape index (κ3) is 4.27. The minimum Gasteiger partial charge on any atom is -0.388 e. The average molecular weight is 262 g/mol. The molecule has 106 valence electrons. The molecule has 1 aromatic heterocycles. The summed E-state index contributed by atoms with van der Waals surface area (Å²) in [5, 5.41) is 8.95. The molecule has 0 spiro atoms. The lowest BCUT2D eigenvalue weighted by atomic mass is 9.77. The quantitative estimate of drug-likeness (QED) is 0.793. The van der Waals surface area contributed by atoms with E-state index in [9.17, 15) is 0 Å². The highest BCUT2D eigenvalue weighted by molar-refractivity contribution is 5.12. The second kappa shape index (κ2) is 7.59. The molecule has 19 heavy (non-hydrogen) atoms. The molecule has 3 nitrogen and oxygen atoms in total. The second-order valence-corrected chi connectivity index (χ2v) is 5.80. The summed E-state index contributed by atoms with van der Waals surface area (Å²) in [6, 6.07) is 0. The average Bonchev–Trinajstić information content (AvgIpc) is 2.48. The first-order chi connectivity index (χ1) is 9.33. The molecule has 1 saturated carbocycles. The molecule has 0 bridgehead atoms. The first-order valence-corrected chi connectivity index (χ1v) is 7.75. The van der Waals surface area contributed by atoms with Gasteiger partial charge in [0.15, 0.2) is 5.82 Å². The van der Waals surface area contributed by atoms with Crippen LogP contribution in [0.2, 0.25) is 0 Å². The van der Waals surface area contributed by atoms with Crippen molar-refractivity contribution in [3.05, 3.63) is 23.8 Å². The van der Waals surface area contributed by atoms with Crippen LogP contribution in [0, 0.1) is 5.92 Å². The Morgan fingerprint density at radius 1 is 1.11 bits per heavy atom. The predicted octanol–water partition coefficient (Wildman–Crippen LogP) is 3.82. The largest absolute Gasteiger partial charge is 0.388 e. The van der Waals surface area contributed by atoms with Crippen molar-refractivity contribution in [3.63, 3.8) is 0 Å². The number of aromatic nitrogens is 2. The lowest BCUT2D eigenvalue weighted by Gasteiger charge is -2.28. The second-order valence-electron chi connectivity index (χ2n) is 5.80. The summed E-state index contributed by atoms with van der Waals surface area (Å²) in [4.78, 5) is 8.38. The normalized spacial score (nSPS) is 23.5. The number of aliphatic hydroxyl groups excluding tert-OH is 1. The molecule has 0 unspecified atom stereocenters. The molecule has 3 heteroatoms. The van der Waals surface area contributed by atoms with Gasteiger partial charge in [-0.25, -0.2) is 9.97 Å². The van der Waals surface area contributed by atoms with Gasteiger partial charge in [-0.1, -0.05) is 32.6 Å². The van der Waals surface area contributed by atoms with Crippen LogP contribution in [0.1, 0.15) is 75.6 Å². The highest BCUT2D eigenvalue weighted by Gasteiger charge is 2.22. The number of rotatable bonds is 6. The van der Waals surface area contributed by atoms with E-state index >= 15 is 0 Å². The molecule has 1 aliphatic rings. The van der Waals surface area contributed by atoms with Crippen LogP contribution in [-0.2, 0) is 6.61 Å². The van der Waals surface area contributed by atoms with Crippen LogP contribution >= 0.6 is 0 Å². The van der Waals surface area contributed by atoms with Crippen molar-refractivity contribution < 1.29 is 5.11 Å². The molecular weight excluding hydrogens is 236 g/mol. The molecule has 0 aromatic carbocycles. The van der Waals surface area contributed by atoms with Gasteiger partial charge < -0.3 is 5.11 Å². The van der Waals surface area contributed by atoms with E-state index in [4.69, 9.17) is 5.11 Å². The zero-order valence-corrected chi connectivity index (χ0v) is 12.0. The maximum absolute atomic E-state index is 8.95. The Kier molecular flexibility index (Phi) is 5.77. The third-order valence-electron chi connectivity index (χ3n) is 4.40. The highest BCUT2D eigenvalue weighted by atomic mass is 16.3. The Labute approximate surface area is 116 Å². The van der Waals surface area contributed by atoms with E-state index in [0.29, 0.717) is 11.7 Å². The van der Waals surface area contributed by atoms with Crippen molar-refractivity contribution in [3.8, 4) is 0 Å². The molecule has 0 aliphatic heterocycles. The van der Waals surface area contributed by atoms with Crippen LogP contribution < -0.4 is 0 Å². The molecule has 0 amide bonds. The summed E-state index contributed by atoms with van der Waals surface area (Å²) in [6.07, 6.45) is 14.6. The lowest BCUT2D eigenvalue weighted by Crippen LogP contribution is -2.14. The van der Waals surface area contributed by atoms with Gasteiger partial charge in [0.1, 0.15) is 6.61 Å². The molecule has 2 rings (SSSR count). The fraction of sp³-hybridized carbons (Fsp3) is 0.750. The van der Waals surface area contributed by atoms with Crippen molar-refractivity contribution in [2.45, 2.75) is 70.8 Å². The Balaban J connectivity index is 1.78. The van der Waals surface area contributed by atoms with E-state index in [1.165, 1.54) is 56.9 Å². The van der Waals surface area contributed by atoms with Crippen LogP contribution in [0.25, 0.3) is 0 Å². The number of nitrogens with zero attached hydrogens (tertiary/aromatic N) is 2. The summed E-state index contributed by atoms with van der Waals surface area (Å²) < 4.78 is 0. The van der Waals surface area contributed by atoms with E-state index in [1.807, 2.05) is 12.4 Å². The Hall–Kier alpha value is -0.960. The smallest absolute Gasteiger partial charge is 0.153 e. The SMILES string of the molecule is CCCCCC1CCC(c2cnc(CO)nc2)CC1. The molecular formula is C16H26N2O. The van der Waals surface area contributed by atoms with Crippen molar-refractivity contribution in [1.29, 1.82) is 0 Å². The van der Waals surface area contributed by atoms with E-state index in [2.05, 4.69) is 16.9 Å². The monoisotopic (exact) mass is 262 g/mol. The fourth-order valence-corrected chi connectivity index (χ4v) is 3.12. The van der Waals surface area contributed by atoms with Gasteiger partial charge in [0.25, 0.3) is 0 Å². The molecule has 0 atom stereocenters. The minimum atomic E-state index is -0.0650. The van der Waals surface area contributed by atoms with E-state index < -0.39 is 0 Å². The number of hydrogen-bond donors (Lipinski definition) is 1. The van der Waals surface area contributed by atoms with Crippen molar-refractivity contribution in [2.75, 3.05) is 0 Å². The highest BCUT2D eigenvalue weighted by Crippen LogP contribution is 2.37. The van der Waals surface area contributed by atoms with Gasteiger partial charge in [-0.05, 0) is 43.1 Å². The zero-order valence-electron chi connectivity index (χ0n) is 12.0. The standard InChI is InChI=1S/C16H26N2O/c1-2-3-4-5-13-6-8-14(9-7-13)15-10-17-16(12-19)18-11-15/h10-11,13-14,19H,2-9,12H2,1H3. The molecule has 1 N–H and O–H groups in total. The van der Waals surface area contributed by atoms with Gasteiger partial charge in [-0.3, -0.25) is 0 Å². The number of aliphatic hydroxyl groups is 1. The minimum absolute atomic E-state index is 0.0650.